The first kappa shape index (κ1) is 13.8. The predicted octanol–water partition coefficient (Wildman–Crippen LogP) is 4.79. The molecule has 104 valence electrons. The van der Waals surface area contributed by atoms with Gasteiger partial charge in [0, 0.05) is 17.1 Å². The number of aryl methyl sites for hydroxylation is 2. The molecule has 2 aromatic rings. The molecule has 1 atom stereocenters. The lowest BCUT2D eigenvalue weighted by Gasteiger charge is -2.15. The lowest BCUT2D eigenvalue weighted by molar-refractivity contribution is 0.574. The van der Waals surface area contributed by atoms with Crippen LogP contribution in [-0.2, 0) is 19.4 Å². The van der Waals surface area contributed by atoms with E-state index in [1.165, 1.54) is 30.4 Å². The van der Waals surface area contributed by atoms with Crippen molar-refractivity contribution in [2.75, 3.05) is 0 Å². The highest BCUT2D eigenvalue weighted by atomic mass is 79.9. The van der Waals surface area contributed by atoms with Crippen molar-refractivity contribution in [1.29, 1.82) is 0 Å². The maximum atomic E-state index is 3.61. The zero-order chi connectivity index (χ0) is 13.9. The Morgan fingerprint density at radius 1 is 1.10 bits per heavy atom. The van der Waals surface area contributed by atoms with E-state index in [0.717, 1.165) is 11.0 Å². The van der Waals surface area contributed by atoms with Gasteiger partial charge in [0.15, 0.2) is 0 Å². The molecular weight excluding hydrogens is 310 g/mol. The van der Waals surface area contributed by atoms with Crippen LogP contribution in [0.1, 0.15) is 41.6 Å². The molecule has 0 aliphatic heterocycles. The predicted molar refractivity (Wildman–Crippen MR) is 87.9 cm³/mol. The highest BCUT2D eigenvalue weighted by Gasteiger charge is 2.11. The molecular formula is C18H20BrN. The number of benzene rings is 2. The molecule has 2 aromatic carbocycles. The molecule has 3 rings (SSSR count). The molecule has 20 heavy (non-hydrogen) atoms. The van der Waals surface area contributed by atoms with Gasteiger partial charge in [-0.3, -0.25) is 0 Å². The van der Waals surface area contributed by atoms with Gasteiger partial charge >= 0.3 is 0 Å². The monoisotopic (exact) mass is 329 g/mol. The standard InChI is InChI=1S/C18H20BrN/c1-13(16-5-3-7-18(19)11-16)20-12-14-8-9-15-4-2-6-17(15)10-14/h3,5,7-11,13,20H,2,4,6,12H2,1H3/t13-/m1/s1. The molecule has 0 heterocycles. The minimum absolute atomic E-state index is 0.362. The average Bonchev–Trinajstić information content (AvgIpc) is 2.92. The summed E-state index contributed by atoms with van der Waals surface area (Å²) in [7, 11) is 0. The number of nitrogens with one attached hydrogen (secondary N) is 1. The van der Waals surface area contributed by atoms with Gasteiger partial charge in [0.2, 0.25) is 0 Å². The Morgan fingerprint density at radius 3 is 2.80 bits per heavy atom. The molecule has 0 radical (unpaired) electrons. The molecule has 0 bridgehead atoms. The van der Waals surface area contributed by atoms with Gasteiger partial charge in [-0.15, -0.1) is 0 Å². The quantitative estimate of drug-likeness (QED) is 0.850. The second-order valence-electron chi connectivity index (χ2n) is 5.61. The Labute approximate surface area is 129 Å². The van der Waals surface area contributed by atoms with E-state index < -0.39 is 0 Å². The zero-order valence-corrected chi connectivity index (χ0v) is 13.4. The van der Waals surface area contributed by atoms with Gasteiger partial charge in [0.05, 0.1) is 0 Å². The first-order valence-corrected chi connectivity index (χ1v) is 8.11. The van der Waals surface area contributed by atoms with Crippen molar-refractivity contribution < 1.29 is 0 Å². The summed E-state index contributed by atoms with van der Waals surface area (Å²) in [6.07, 6.45) is 3.84. The van der Waals surface area contributed by atoms with Crippen molar-refractivity contribution in [3.05, 3.63) is 69.2 Å². The Bertz CT molecular complexity index is 606. The molecule has 1 nitrogen and oxygen atoms in total. The molecule has 0 saturated heterocycles. The Morgan fingerprint density at radius 2 is 1.95 bits per heavy atom. The van der Waals surface area contributed by atoms with Gasteiger partial charge in [-0.25, -0.2) is 0 Å². The topological polar surface area (TPSA) is 12.0 Å². The third kappa shape index (κ3) is 3.13. The highest BCUT2D eigenvalue weighted by molar-refractivity contribution is 9.10. The maximum absolute atomic E-state index is 3.61. The minimum atomic E-state index is 0.362. The minimum Gasteiger partial charge on any atom is -0.306 e. The molecule has 2 heteroatoms. The fourth-order valence-electron chi connectivity index (χ4n) is 2.90. The van der Waals surface area contributed by atoms with Crippen molar-refractivity contribution in [2.24, 2.45) is 0 Å². The smallest absolute Gasteiger partial charge is 0.0295 e. The van der Waals surface area contributed by atoms with E-state index >= 15 is 0 Å². The van der Waals surface area contributed by atoms with Crippen LogP contribution in [0, 0.1) is 0 Å². The molecule has 0 fully saturated rings. The van der Waals surface area contributed by atoms with Gasteiger partial charge in [0.1, 0.15) is 0 Å². The van der Waals surface area contributed by atoms with Crippen LogP contribution in [0.5, 0.6) is 0 Å². The van der Waals surface area contributed by atoms with Gasteiger partial charge in [-0.05, 0) is 60.6 Å². The average molecular weight is 330 g/mol. The Balaban J connectivity index is 1.64. The van der Waals surface area contributed by atoms with Crippen molar-refractivity contribution in [3.8, 4) is 0 Å². The van der Waals surface area contributed by atoms with Gasteiger partial charge in [-0.1, -0.05) is 46.3 Å². The zero-order valence-electron chi connectivity index (χ0n) is 11.8. The van der Waals surface area contributed by atoms with Crippen LogP contribution in [0.4, 0.5) is 0 Å². The van der Waals surface area contributed by atoms with Gasteiger partial charge in [0.25, 0.3) is 0 Å². The fourth-order valence-corrected chi connectivity index (χ4v) is 3.32. The lowest BCUT2D eigenvalue weighted by atomic mass is 10.1. The summed E-state index contributed by atoms with van der Waals surface area (Å²) in [6, 6.07) is 15.8. The first-order valence-electron chi connectivity index (χ1n) is 7.32. The summed E-state index contributed by atoms with van der Waals surface area (Å²) in [5, 5.41) is 3.61. The molecule has 1 N–H and O–H groups in total. The number of fused-ring (bicyclic) bond motifs is 1. The van der Waals surface area contributed by atoms with Crippen LogP contribution in [0.2, 0.25) is 0 Å². The summed E-state index contributed by atoms with van der Waals surface area (Å²) in [4.78, 5) is 0. The SMILES string of the molecule is C[C@@H](NCc1ccc2c(c1)CCC2)c1cccc(Br)c1. The van der Waals surface area contributed by atoms with E-state index in [-0.39, 0.29) is 0 Å². The maximum Gasteiger partial charge on any atom is 0.0295 e. The van der Waals surface area contributed by atoms with E-state index in [0.29, 0.717) is 6.04 Å². The molecule has 1 aliphatic rings. The van der Waals surface area contributed by atoms with E-state index in [4.69, 9.17) is 0 Å². The highest BCUT2D eigenvalue weighted by Crippen LogP contribution is 2.23. The van der Waals surface area contributed by atoms with Crippen LogP contribution in [0.15, 0.2) is 46.9 Å². The van der Waals surface area contributed by atoms with Gasteiger partial charge < -0.3 is 5.32 Å². The summed E-state index contributed by atoms with van der Waals surface area (Å²) >= 11 is 3.53. The van der Waals surface area contributed by atoms with E-state index in [2.05, 4.69) is 70.6 Å². The number of hydrogen-bond donors (Lipinski definition) is 1. The molecule has 0 saturated carbocycles. The molecule has 0 unspecified atom stereocenters. The second kappa shape index (κ2) is 6.11. The van der Waals surface area contributed by atoms with Crippen molar-refractivity contribution in [1.82, 2.24) is 5.32 Å². The van der Waals surface area contributed by atoms with Crippen molar-refractivity contribution >= 4 is 15.9 Å². The summed E-state index contributed by atoms with van der Waals surface area (Å²) in [5.41, 5.74) is 5.82. The number of rotatable bonds is 4. The van der Waals surface area contributed by atoms with E-state index in [9.17, 15) is 0 Å². The Hall–Kier alpha value is -1.12. The van der Waals surface area contributed by atoms with Crippen LogP contribution in [-0.4, -0.2) is 0 Å². The van der Waals surface area contributed by atoms with Crippen molar-refractivity contribution in [2.45, 2.75) is 38.8 Å². The summed E-state index contributed by atoms with van der Waals surface area (Å²) in [5.74, 6) is 0. The summed E-state index contributed by atoms with van der Waals surface area (Å²) < 4.78 is 1.14. The third-order valence-electron chi connectivity index (χ3n) is 4.12. The van der Waals surface area contributed by atoms with Crippen molar-refractivity contribution in [3.63, 3.8) is 0 Å². The molecule has 0 aromatic heterocycles. The van der Waals surface area contributed by atoms with E-state index in [1.54, 1.807) is 11.1 Å². The third-order valence-corrected chi connectivity index (χ3v) is 4.62. The van der Waals surface area contributed by atoms with Crippen LogP contribution in [0.25, 0.3) is 0 Å². The lowest BCUT2D eigenvalue weighted by Crippen LogP contribution is -2.18. The van der Waals surface area contributed by atoms with Crippen LogP contribution >= 0.6 is 15.9 Å². The number of hydrogen-bond acceptors (Lipinski definition) is 1. The van der Waals surface area contributed by atoms with E-state index in [1.807, 2.05) is 0 Å². The second-order valence-corrected chi connectivity index (χ2v) is 6.53. The van der Waals surface area contributed by atoms with Crippen LogP contribution in [0.3, 0.4) is 0 Å². The first-order chi connectivity index (χ1) is 9.72. The number of halogens is 1. The van der Waals surface area contributed by atoms with Crippen LogP contribution < -0.4 is 5.32 Å². The fraction of sp³-hybridized carbons (Fsp3) is 0.333. The molecule has 0 amide bonds. The normalized spacial score (nSPS) is 15.1. The molecule has 1 aliphatic carbocycles. The molecule has 0 spiro atoms. The van der Waals surface area contributed by atoms with Gasteiger partial charge in [-0.2, -0.15) is 0 Å². The summed E-state index contributed by atoms with van der Waals surface area (Å²) in [6.45, 7) is 3.15. The Kier molecular flexibility index (Phi) is 4.23. The largest absolute Gasteiger partial charge is 0.306 e.